The van der Waals surface area contributed by atoms with Crippen molar-refractivity contribution in [1.29, 1.82) is 0 Å². The van der Waals surface area contributed by atoms with E-state index in [9.17, 15) is 4.79 Å². The Labute approximate surface area is 180 Å². The number of rotatable bonds is 4. The van der Waals surface area contributed by atoms with E-state index in [0.29, 0.717) is 18.9 Å². The number of aromatic nitrogens is 2. The predicted molar refractivity (Wildman–Crippen MR) is 122 cm³/mol. The van der Waals surface area contributed by atoms with Gasteiger partial charge >= 0.3 is 0 Å². The van der Waals surface area contributed by atoms with Gasteiger partial charge in [-0.05, 0) is 35.4 Å². The fraction of sp³-hybridized carbons (Fsp3) is 0.160. The summed E-state index contributed by atoms with van der Waals surface area (Å²) in [6, 6.07) is 24.1. The first kappa shape index (κ1) is 19.1. The Morgan fingerprint density at radius 1 is 0.903 bits per heavy atom. The molecule has 1 fully saturated rings. The molecule has 0 atom stereocenters. The first-order valence-electron chi connectivity index (χ1n) is 10.2. The Hall–Kier alpha value is -3.93. The van der Waals surface area contributed by atoms with Gasteiger partial charge in [-0.15, -0.1) is 0 Å². The molecule has 4 aromatic rings. The highest BCUT2D eigenvalue weighted by Crippen LogP contribution is 2.32. The molecule has 6 nitrogen and oxygen atoms in total. The number of nitrogens with zero attached hydrogens (tertiary/aromatic N) is 3. The summed E-state index contributed by atoms with van der Waals surface area (Å²) < 4.78 is 5.38. The van der Waals surface area contributed by atoms with Crippen molar-refractivity contribution in [2.75, 3.05) is 31.6 Å². The number of carbonyl (C=O) groups is 1. The van der Waals surface area contributed by atoms with E-state index in [0.717, 1.165) is 39.2 Å². The van der Waals surface area contributed by atoms with Crippen molar-refractivity contribution in [2.24, 2.45) is 0 Å². The molecule has 3 aromatic carbocycles. The monoisotopic (exact) mass is 410 g/mol. The molecular weight excluding hydrogens is 388 g/mol. The first-order chi connectivity index (χ1) is 15.2. The van der Waals surface area contributed by atoms with Gasteiger partial charge in [-0.1, -0.05) is 48.5 Å². The van der Waals surface area contributed by atoms with Gasteiger partial charge in [-0.3, -0.25) is 4.79 Å². The van der Waals surface area contributed by atoms with Gasteiger partial charge in [0.15, 0.2) is 5.82 Å². The lowest BCUT2D eigenvalue weighted by atomic mass is 10.0. The Balaban J connectivity index is 1.69. The quantitative estimate of drug-likeness (QED) is 0.553. The highest BCUT2D eigenvalue weighted by molar-refractivity contribution is 5.96. The number of benzene rings is 3. The van der Waals surface area contributed by atoms with E-state index in [1.165, 1.54) is 0 Å². The Bertz CT molecular complexity index is 1260. The minimum absolute atomic E-state index is 0.00298. The second-order valence-corrected chi connectivity index (χ2v) is 7.47. The minimum Gasteiger partial charge on any atom is -0.497 e. The van der Waals surface area contributed by atoms with Crippen LogP contribution < -0.4 is 15.0 Å². The maximum Gasteiger partial charge on any atom is 0.239 e. The van der Waals surface area contributed by atoms with Gasteiger partial charge in [-0.2, -0.15) is 0 Å². The van der Waals surface area contributed by atoms with Gasteiger partial charge in [0.1, 0.15) is 11.6 Å². The van der Waals surface area contributed by atoms with Crippen molar-refractivity contribution in [2.45, 2.75) is 0 Å². The summed E-state index contributed by atoms with van der Waals surface area (Å²) in [5.74, 6) is 2.25. The molecule has 1 saturated heterocycles. The normalized spacial score (nSPS) is 13.8. The Kier molecular flexibility index (Phi) is 4.96. The molecule has 0 saturated carbocycles. The molecule has 0 aliphatic carbocycles. The standard InChI is InChI=1S/C25H22N4O2/c1-31-20-9-5-8-18(14-20)19-10-11-22-21(15-19)25(29-13-12-26-23(30)16-29)28-24(27-22)17-6-3-2-4-7-17/h2-11,14-15H,12-13,16H2,1H3,(H,26,30). The molecule has 0 unspecified atom stereocenters. The number of piperazine rings is 1. The van der Waals surface area contributed by atoms with Crippen LogP contribution in [0.5, 0.6) is 5.75 Å². The maximum absolute atomic E-state index is 12.1. The van der Waals surface area contributed by atoms with Crippen molar-refractivity contribution < 1.29 is 9.53 Å². The molecule has 0 bridgehead atoms. The number of ether oxygens (including phenoxy) is 1. The molecule has 6 heteroatoms. The van der Waals surface area contributed by atoms with Crippen LogP contribution in [-0.2, 0) is 4.79 Å². The summed E-state index contributed by atoms with van der Waals surface area (Å²) in [6.45, 7) is 1.58. The summed E-state index contributed by atoms with van der Waals surface area (Å²) in [6.07, 6.45) is 0. The molecule has 1 N–H and O–H groups in total. The highest BCUT2D eigenvalue weighted by Gasteiger charge is 2.21. The van der Waals surface area contributed by atoms with Gasteiger partial charge in [0, 0.05) is 24.0 Å². The van der Waals surface area contributed by atoms with Crippen LogP contribution >= 0.6 is 0 Å². The summed E-state index contributed by atoms with van der Waals surface area (Å²) in [5.41, 5.74) is 3.89. The van der Waals surface area contributed by atoms with Gasteiger partial charge in [-0.25, -0.2) is 9.97 Å². The first-order valence-corrected chi connectivity index (χ1v) is 10.2. The minimum atomic E-state index is 0.00298. The van der Waals surface area contributed by atoms with E-state index in [1.54, 1.807) is 7.11 Å². The van der Waals surface area contributed by atoms with Crippen LogP contribution in [0.1, 0.15) is 0 Å². The molecule has 0 spiro atoms. The summed E-state index contributed by atoms with van der Waals surface area (Å²) in [5, 5.41) is 3.81. The fourth-order valence-electron chi connectivity index (χ4n) is 3.87. The average molecular weight is 410 g/mol. The van der Waals surface area contributed by atoms with Crippen molar-refractivity contribution in [3.8, 4) is 28.3 Å². The van der Waals surface area contributed by atoms with Crippen molar-refractivity contribution in [3.05, 3.63) is 72.8 Å². The number of amides is 1. The molecule has 154 valence electrons. The lowest BCUT2D eigenvalue weighted by Crippen LogP contribution is -2.48. The maximum atomic E-state index is 12.1. The number of anilines is 1. The molecule has 5 rings (SSSR count). The van der Waals surface area contributed by atoms with E-state index >= 15 is 0 Å². The van der Waals surface area contributed by atoms with Crippen LogP contribution in [0.2, 0.25) is 0 Å². The number of nitrogens with one attached hydrogen (secondary N) is 1. The third-order valence-electron chi connectivity index (χ3n) is 5.45. The molecule has 1 aromatic heterocycles. The SMILES string of the molecule is COc1cccc(-c2ccc3nc(-c4ccccc4)nc(N4CCNC(=O)C4)c3c2)c1. The topological polar surface area (TPSA) is 67.4 Å². The Morgan fingerprint density at radius 2 is 1.71 bits per heavy atom. The van der Waals surface area contributed by atoms with Crippen LogP contribution in [0, 0.1) is 0 Å². The third-order valence-corrected chi connectivity index (χ3v) is 5.45. The number of methoxy groups -OCH3 is 1. The van der Waals surface area contributed by atoms with Crippen molar-refractivity contribution in [1.82, 2.24) is 15.3 Å². The van der Waals surface area contributed by atoms with Crippen LogP contribution in [0.3, 0.4) is 0 Å². The number of fused-ring (bicyclic) bond motifs is 1. The number of hydrogen-bond donors (Lipinski definition) is 1. The highest BCUT2D eigenvalue weighted by atomic mass is 16.5. The Morgan fingerprint density at radius 3 is 2.52 bits per heavy atom. The van der Waals surface area contributed by atoms with Gasteiger partial charge in [0.25, 0.3) is 0 Å². The zero-order valence-corrected chi connectivity index (χ0v) is 17.2. The zero-order valence-electron chi connectivity index (χ0n) is 17.2. The van der Waals surface area contributed by atoms with Crippen molar-refractivity contribution >= 4 is 22.6 Å². The fourth-order valence-corrected chi connectivity index (χ4v) is 3.87. The summed E-state index contributed by atoms with van der Waals surface area (Å²) in [4.78, 5) is 23.9. The predicted octanol–water partition coefficient (Wildman–Crippen LogP) is 3.91. The van der Waals surface area contributed by atoms with Crippen molar-refractivity contribution in [3.63, 3.8) is 0 Å². The molecular formula is C25H22N4O2. The zero-order chi connectivity index (χ0) is 21.2. The van der Waals surface area contributed by atoms with Crippen LogP contribution in [0.4, 0.5) is 5.82 Å². The van der Waals surface area contributed by atoms with Crippen LogP contribution in [-0.4, -0.2) is 42.6 Å². The molecule has 1 aliphatic rings. The molecule has 2 heterocycles. The molecule has 1 amide bonds. The largest absolute Gasteiger partial charge is 0.497 e. The summed E-state index contributed by atoms with van der Waals surface area (Å²) >= 11 is 0. The second-order valence-electron chi connectivity index (χ2n) is 7.47. The molecule has 1 aliphatic heterocycles. The van der Waals surface area contributed by atoms with E-state index in [-0.39, 0.29) is 12.5 Å². The molecule has 0 radical (unpaired) electrons. The van der Waals surface area contributed by atoms with E-state index in [1.807, 2.05) is 59.5 Å². The number of hydrogen-bond acceptors (Lipinski definition) is 5. The van der Waals surface area contributed by atoms with E-state index in [2.05, 4.69) is 23.5 Å². The van der Waals surface area contributed by atoms with E-state index in [4.69, 9.17) is 14.7 Å². The molecule has 31 heavy (non-hydrogen) atoms. The second kappa shape index (κ2) is 8.07. The smallest absolute Gasteiger partial charge is 0.239 e. The van der Waals surface area contributed by atoms with Gasteiger partial charge in [0.2, 0.25) is 5.91 Å². The van der Waals surface area contributed by atoms with Crippen LogP contribution in [0.15, 0.2) is 72.8 Å². The van der Waals surface area contributed by atoms with Gasteiger partial charge < -0.3 is 15.0 Å². The van der Waals surface area contributed by atoms with Gasteiger partial charge in [0.05, 0.1) is 19.2 Å². The lowest BCUT2D eigenvalue weighted by Gasteiger charge is -2.29. The average Bonchev–Trinajstić information content (AvgIpc) is 2.83. The van der Waals surface area contributed by atoms with E-state index < -0.39 is 0 Å². The number of carbonyl (C=O) groups excluding carboxylic acids is 1. The summed E-state index contributed by atoms with van der Waals surface area (Å²) in [7, 11) is 1.66. The third kappa shape index (κ3) is 3.80. The van der Waals surface area contributed by atoms with Crippen LogP contribution in [0.25, 0.3) is 33.4 Å². The lowest BCUT2D eigenvalue weighted by molar-refractivity contribution is -0.120.